The van der Waals surface area contributed by atoms with E-state index in [0.29, 0.717) is 0 Å². The van der Waals surface area contributed by atoms with Crippen molar-refractivity contribution in [3.63, 3.8) is 0 Å². The highest BCUT2D eigenvalue weighted by Gasteiger charge is 2.12. The van der Waals surface area contributed by atoms with E-state index in [1.165, 1.54) is 48.9 Å². The van der Waals surface area contributed by atoms with Crippen molar-refractivity contribution in [3.05, 3.63) is 18.2 Å². The third-order valence-corrected chi connectivity index (χ3v) is 6.12. The molecular weight excluding hydrogens is 284 g/mol. The lowest BCUT2D eigenvalue weighted by molar-refractivity contribution is 0.483. The van der Waals surface area contributed by atoms with Gasteiger partial charge in [-0.1, -0.05) is 37.4 Å². The molecule has 0 amide bonds. The SMILES string of the molecule is CSc1nc2ccc(NCC3CCCCCC3)cc2s1. The summed E-state index contributed by atoms with van der Waals surface area (Å²) in [4.78, 5) is 4.59. The van der Waals surface area contributed by atoms with Crippen LogP contribution in [0.15, 0.2) is 22.5 Å². The van der Waals surface area contributed by atoms with E-state index in [0.717, 1.165) is 22.3 Å². The topological polar surface area (TPSA) is 24.9 Å². The molecule has 0 bridgehead atoms. The Hall–Kier alpha value is -0.740. The number of benzene rings is 1. The lowest BCUT2D eigenvalue weighted by Crippen LogP contribution is -2.13. The summed E-state index contributed by atoms with van der Waals surface area (Å²) in [6.07, 6.45) is 10.6. The van der Waals surface area contributed by atoms with Crippen LogP contribution in [-0.2, 0) is 0 Å². The molecule has 1 N–H and O–H groups in total. The zero-order valence-corrected chi connectivity index (χ0v) is 13.7. The predicted octanol–water partition coefficient (Wildman–Crippen LogP) is 5.40. The Labute approximate surface area is 129 Å². The van der Waals surface area contributed by atoms with Gasteiger partial charge >= 0.3 is 0 Å². The normalized spacial score (nSPS) is 17.2. The number of fused-ring (bicyclic) bond motifs is 1. The molecule has 1 heterocycles. The van der Waals surface area contributed by atoms with Gasteiger partial charge in [-0.25, -0.2) is 4.98 Å². The molecule has 3 rings (SSSR count). The molecule has 1 aromatic carbocycles. The Bertz CT molecular complexity index is 557. The van der Waals surface area contributed by atoms with Crippen molar-refractivity contribution in [1.29, 1.82) is 0 Å². The number of hydrogen-bond acceptors (Lipinski definition) is 4. The van der Waals surface area contributed by atoms with Gasteiger partial charge in [-0.15, -0.1) is 11.3 Å². The van der Waals surface area contributed by atoms with Crippen LogP contribution in [0.4, 0.5) is 5.69 Å². The molecule has 2 nitrogen and oxygen atoms in total. The number of thioether (sulfide) groups is 1. The number of nitrogens with one attached hydrogen (secondary N) is 1. The van der Waals surface area contributed by atoms with Crippen molar-refractivity contribution in [3.8, 4) is 0 Å². The van der Waals surface area contributed by atoms with Crippen molar-refractivity contribution in [2.24, 2.45) is 5.92 Å². The fourth-order valence-electron chi connectivity index (χ4n) is 2.93. The summed E-state index contributed by atoms with van der Waals surface area (Å²) >= 11 is 3.51. The average molecular weight is 306 g/mol. The van der Waals surface area contributed by atoms with Gasteiger partial charge in [0.1, 0.15) is 0 Å². The molecule has 20 heavy (non-hydrogen) atoms. The predicted molar refractivity (Wildman–Crippen MR) is 91.1 cm³/mol. The van der Waals surface area contributed by atoms with E-state index < -0.39 is 0 Å². The first-order valence-electron chi connectivity index (χ1n) is 7.53. The fourth-order valence-corrected chi connectivity index (χ4v) is 4.46. The smallest absolute Gasteiger partial charge is 0.150 e. The summed E-state index contributed by atoms with van der Waals surface area (Å²) in [7, 11) is 0. The second-order valence-corrected chi connectivity index (χ2v) is 7.69. The van der Waals surface area contributed by atoms with Crippen LogP contribution in [0.1, 0.15) is 38.5 Å². The van der Waals surface area contributed by atoms with Gasteiger partial charge < -0.3 is 5.32 Å². The molecule has 0 radical (unpaired) electrons. The number of rotatable bonds is 4. The van der Waals surface area contributed by atoms with Crippen LogP contribution in [0.25, 0.3) is 10.2 Å². The molecule has 0 saturated heterocycles. The van der Waals surface area contributed by atoms with E-state index in [-0.39, 0.29) is 0 Å². The van der Waals surface area contributed by atoms with Crippen LogP contribution < -0.4 is 5.32 Å². The Balaban J connectivity index is 1.64. The Morgan fingerprint density at radius 3 is 2.80 bits per heavy atom. The van der Waals surface area contributed by atoms with Crippen molar-refractivity contribution in [2.75, 3.05) is 18.1 Å². The fraction of sp³-hybridized carbons (Fsp3) is 0.562. The highest BCUT2D eigenvalue weighted by molar-refractivity contribution is 8.00. The third-order valence-electron chi connectivity index (χ3n) is 4.11. The first-order chi connectivity index (χ1) is 9.85. The molecule has 1 fully saturated rings. The summed E-state index contributed by atoms with van der Waals surface area (Å²) in [6, 6.07) is 6.56. The maximum Gasteiger partial charge on any atom is 0.150 e. The quantitative estimate of drug-likeness (QED) is 0.604. The molecule has 0 unspecified atom stereocenters. The van der Waals surface area contributed by atoms with Crippen molar-refractivity contribution in [1.82, 2.24) is 4.98 Å². The van der Waals surface area contributed by atoms with Gasteiger partial charge in [-0.2, -0.15) is 0 Å². The van der Waals surface area contributed by atoms with Gasteiger partial charge in [0.15, 0.2) is 4.34 Å². The van der Waals surface area contributed by atoms with E-state index in [9.17, 15) is 0 Å². The standard InChI is InChI=1S/C16H22N2S2/c1-19-16-18-14-9-8-13(10-15(14)20-16)17-11-12-6-4-2-3-5-7-12/h8-10,12,17H,2-7,11H2,1H3. The molecular formula is C16H22N2S2. The van der Waals surface area contributed by atoms with Gasteiger partial charge in [-0.05, 0) is 43.2 Å². The second kappa shape index (κ2) is 6.81. The third kappa shape index (κ3) is 3.47. The molecule has 1 saturated carbocycles. The number of nitrogens with zero attached hydrogens (tertiary/aromatic N) is 1. The minimum atomic E-state index is 0.858. The van der Waals surface area contributed by atoms with Gasteiger partial charge in [0.2, 0.25) is 0 Å². The maximum absolute atomic E-state index is 4.59. The maximum atomic E-state index is 4.59. The molecule has 4 heteroatoms. The minimum Gasteiger partial charge on any atom is -0.385 e. The monoisotopic (exact) mass is 306 g/mol. The van der Waals surface area contributed by atoms with Gasteiger partial charge in [0.05, 0.1) is 10.2 Å². The van der Waals surface area contributed by atoms with Crippen molar-refractivity contribution < 1.29 is 0 Å². The average Bonchev–Trinajstić information content (AvgIpc) is 2.71. The van der Waals surface area contributed by atoms with Crippen LogP contribution in [-0.4, -0.2) is 17.8 Å². The largest absolute Gasteiger partial charge is 0.385 e. The molecule has 0 atom stereocenters. The first-order valence-corrected chi connectivity index (χ1v) is 9.58. The zero-order chi connectivity index (χ0) is 13.8. The van der Waals surface area contributed by atoms with E-state index in [4.69, 9.17) is 0 Å². The lowest BCUT2D eigenvalue weighted by atomic mass is 10.0. The van der Waals surface area contributed by atoms with Gasteiger partial charge in [-0.3, -0.25) is 0 Å². The Morgan fingerprint density at radius 2 is 2.05 bits per heavy atom. The van der Waals surface area contributed by atoms with Crippen molar-refractivity contribution in [2.45, 2.75) is 42.9 Å². The second-order valence-electron chi connectivity index (χ2n) is 5.60. The minimum absolute atomic E-state index is 0.858. The van der Waals surface area contributed by atoms with Crippen LogP contribution in [0.3, 0.4) is 0 Å². The van der Waals surface area contributed by atoms with Crippen LogP contribution in [0.5, 0.6) is 0 Å². The highest BCUT2D eigenvalue weighted by atomic mass is 32.2. The van der Waals surface area contributed by atoms with Crippen molar-refractivity contribution >= 4 is 39.0 Å². The van der Waals surface area contributed by atoms with E-state index >= 15 is 0 Å². The molecule has 0 spiro atoms. The Kier molecular flexibility index (Phi) is 4.84. The number of aromatic nitrogens is 1. The first kappa shape index (κ1) is 14.2. The van der Waals surface area contributed by atoms with E-state index in [2.05, 4.69) is 34.8 Å². The molecule has 0 aliphatic heterocycles. The summed E-state index contributed by atoms with van der Waals surface area (Å²) in [6.45, 7) is 1.12. The lowest BCUT2D eigenvalue weighted by Gasteiger charge is -2.15. The van der Waals surface area contributed by atoms with Gasteiger partial charge in [0.25, 0.3) is 0 Å². The van der Waals surface area contributed by atoms with Crippen LogP contribution in [0.2, 0.25) is 0 Å². The van der Waals surface area contributed by atoms with Crippen LogP contribution >= 0.6 is 23.1 Å². The summed E-state index contributed by atoms with van der Waals surface area (Å²) in [5.41, 5.74) is 2.37. The van der Waals surface area contributed by atoms with Gasteiger partial charge in [0, 0.05) is 12.2 Å². The molecule has 1 aliphatic carbocycles. The number of thiazole rings is 1. The van der Waals surface area contributed by atoms with Crippen LogP contribution in [0, 0.1) is 5.92 Å². The highest BCUT2D eigenvalue weighted by Crippen LogP contribution is 2.30. The Morgan fingerprint density at radius 1 is 1.25 bits per heavy atom. The van der Waals surface area contributed by atoms with E-state index in [1.807, 2.05) is 0 Å². The molecule has 108 valence electrons. The molecule has 1 aromatic heterocycles. The number of hydrogen-bond donors (Lipinski definition) is 1. The molecule has 2 aromatic rings. The number of anilines is 1. The summed E-state index contributed by atoms with van der Waals surface area (Å²) in [5, 5.41) is 3.63. The summed E-state index contributed by atoms with van der Waals surface area (Å²) in [5.74, 6) is 0.858. The van der Waals surface area contributed by atoms with E-state index in [1.54, 1.807) is 23.1 Å². The zero-order valence-electron chi connectivity index (χ0n) is 12.0. The molecule has 1 aliphatic rings. The summed E-state index contributed by atoms with van der Waals surface area (Å²) < 4.78 is 2.45.